The predicted molar refractivity (Wildman–Crippen MR) is 106 cm³/mol. The minimum absolute atomic E-state index is 0.149. The van der Waals surface area contributed by atoms with Gasteiger partial charge in [-0.05, 0) is 54.1 Å². The number of hydrogen-bond acceptors (Lipinski definition) is 4. The van der Waals surface area contributed by atoms with Crippen LogP contribution in [0.5, 0.6) is 0 Å². The van der Waals surface area contributed by atoms with Crippen molar-refractivity contribution < 1.29 is 14.3 Å². The Bertz CT molecular complexity index is 937. The molecule has 0 bridgehead atoms. The number of hydrogen-bond donors (Lipinski definition) is 0. The molecule has 3 nitrogen and oxygen atoms in total. The molecule has 3 aromatic rings. The van der Waals surface area contributed by atoms with Gasteiger partial charge in [-0.3, -0.25) is 9.59 Å². The van der Waals surface area contributed by atoms with Crippen LogP contribution in [0.4, 0.5) is 0 Å². The van der Waals surface area contributed by atoms with Crippen molar-refractivity contribution in [1.82, 2.24) is 0 Å². The number of esters is 1. The van der Waals surface area contributed by atoms with Crippen molar-refractivity contribution in [2.75, 3.05) is 5.75 Å². The molecule has 132 valence electrons. The lowest BCUT2D eigenvalue weighted by atomic mass is 10.1. The van der Waals surface area contributed by atoms with Crippen LogP contribution in [-0.2, 0) is 9.53 Å². The fraction of sp³-hybridized carbons (Fsp3) is 0.143. The summed E-state index contributed by atoms with van der Waals surface area (Å²) < 4.78 is 5.26. The molecule has 0 aliphatic heterocycles. The van der Waals surface area contributed by atoms with Gasteiger partial charge in [0, 0.05) is 15.5 Å². The summed E-state index contributed by atoms with van der Waals surface area (Å²) in [4.78, 5) is 25.3. The van der Waals surface area contributed by atoms with Crippen LogP contribution in [0.1, 0.15) is 17.3 Å². The number of halogens is 1. The molecule has 0 amide bonds. The Kier molecular flexibility index (Phi) is 5.96. The van der Waals surface area contributed by atoms with Gasteiger partial charge in [-0.1, -0.05) is 41.9 Å². The second kappa shape index (κ2) is 8.39. The highest BCUT2D eigenvalue weighted by Gasteiger charge is 2.19. The molecule has 0 fully saturated rings. The minimum Gasteiger partial charge on any atom is -0.454 e. The third-order valence-electron chi connectivity index (χ3n) is 3.88. The molecule has 3 rings (SSSR count). The van der Waals surface area contributed by atoms with Gasteiger partial charge in [0.05, 0.1) is 5.75 Å². The maximum Gasteiger partial charge on any atom is 0.316 e. The van der Waals surface area contributed by atoms with E-state index in [1.54, 1.807) is 31.2 Å². The molecule has 26 heavy (non-hydrogen) atoms. The van der Waals surface area contributed by atoms with Crippen LogP contribution < -0.4 is 0 Å². The molecule has 0 saturated carbocycles. The summed E-state index contributed by atoms with van der Waals surface area (Å²) in [5.41, 5.74) is 0.469. The van der Waals surface area contributed by atoms with E-state index in [0.29, 0.717) is 10.6 Å². The number of fused-ring (bicyclic) bond motifs is 1. The number of ether oxygens (including phenoxy) is 1. The summed E-state index contributed by atoms with van der Waals surface area (Å²) in [6.45, 7) is 1.58. The van der Waals surface area contributed by atoms with Gasteiger partial charge in [-0.2, -0.15) is 0 Å². The first-order valence-electron chi connectivity index (χ1n) is 8.14. The van der Waals surface area contributed by atoms with Crippen molar-refractivity contribution in [1.29, 1.82) is 0 Å². The number of thioether (sulfide) groups is 1. The standard InChI is InChI=1S/C21H17ClO3S/c1-14(21(24)16-6-9-18(22)10-7-16)25-20(23)13-26-19-11-8-15-4-2-3-5-17(15)12-19/h2-12,14H,13H2,1H3/t14-/m0/s1. The summed E-state index contributed by atoms with van der Waals surface area (Å²) >= 11 is 7.21. The van der Waals surface area contributed by atoms with E-state index in [0.717, 1.165) is 15.7 Å². The first-order valence-corrected chi connectivity index (χ1v) is 9.50. The zero-order valence-corrected chi connectivity index (χ0v) is 15.7. The average molecular weight is 385 g/mol. The Morgan fingerprint density at radius 1 is 1.00 bits per heavy atom. The van der Waals surface area contributed by atoms with Crippen LogP contribution >= 0.6 is 23.4 Å². The zero-order chi connectivity index (χ0) is 18.5. The second-order valence-corrected chi connectivity index (χ2v) is 7.29. The largest absolute Gasteiger partial charge is 0.454 e. The Labute approximate surface area is 161 Å². The summed E-state index contributed by atoms with van der Waals surface area (Å²) in [6.07, 6.45) is -0.833. The van der Waals surface area contributed by atoms with Gasteiger partial charge < -0.3 is 4.74 Å². The number of rotatable bonds is 6. The number of Topliss-reactive ketones (excluding diaryl/α,β-unsaturated/α-hetero) is 1. The van der Waals surface area contributed by atoms with E-state index in [1.807, 2.05) is 42.5 Å². The number of carbonyl (C=O) groups is 2. The summed E-state index contributed by atoms with van der Waals surface area (Å²) in [5.74, 6) is -0.514. The highest BCUT2D eigenvalue weighted by atomic mass is 35.5. The van der Waals surface area contributed by atoms with Crippen LogP contribution in [-0.4, -0.2) is 23.6 Å². The van der Waals surface area contributed by atoms with Crippen LogP contribution in [0, 0.1) is 0 Å². The highest BCUT2D eigenvalue weighted by Crippen LogP contribution is 2.24. The Morgan fingerprint density at radius 3 is 2.42 bits per heavy atom. The maximum atomic E-state index is 12.3. The molecule has 0 aliphatic carbocycles. The topological polar surface area (TPSA) is 43.4 Å². The lowest BCUT2D eigenvalue weighted by Gasteiger charge is -2.12. The fourth-order valence-electron chi connectivity index (χ4n) is 2.53. The number of carbonyl (C=O) groups excluding carboxylic acids is 2. The van der Waals surface area contributed by atoms with E-state index >= 15 is 0 Å². The third kappa shape index (κ3) is 4.65. The van der Waals surface area contributed by atoms with Crippen molar-refractivity contribution in [2.45, 2.75) is 17.9 Å². The SMILES string of the molecule is C[C@H](OC(=O)CSc1ccc2ccccc2c1)C(=O)c1ccc(Cl)cc1. The van der Waals surface area contributed by atoms with Gasteiger partial charge in [0.25, 0.3) is 0 Å². The van der Waals surface area contributed by atoms with Gasteiger partial charge >= 0.3 is 5.97 Å². The summed E-state index contributed by atoms with van der Waals surface area (Å²) in [5, 5.41) is 2.83. The first-order chi connectivity index (χ1) is 12.5. The van der Waals surface area contributed by atoms with E-state index in [1.165, 1.54) is 11.8 Å². The molecule has 0 aromatic heterocycles. The molecular weight excluding hydrogens is 368 g/mol. The second-order valence-electron chi connectivity index (χ2n) is 5.80. The van der Waals surface area contributed by atoms with Crippen molar-refractivity contribution in [3.63, 3.8) is 0 Å². The average Bonchev–Trinajstić information content (AvgIpc) is 2.66. The van der Waals surface area contributed by atoms with Crippen molar-refractivity contribution in [3.8, 4) is 0 Å². The smallest absolute Gasteiger partial charge is 0.316 e. The van der Waals surface area contributed by atoms with Crippen molar-refractivity contribution in [2.24, 2.45) is 0 Å². The van der Waals surface area contributed by atoms with Gasteiger partial charge in [0.2, 0.25) is 5.78 Å². The van der Waals surface area contributed by atoms with Crippen LogP contribution in [0.25, 0.3) is 10.8 Å². The van der Waals surface area contributed by atoms with Gasteiger partial charge in [0.15, 0.2) is 6.10 Å². The molecule has 5 heteroatoms. The Balaban J connectivity index is 1.55. The Hall–Kier alpha value is -2.30. The van der Waals surface area contributed by atoms with Gasteiger partial charge in [-0.25, -0.2) is 0 Å². The normalized spacial score (nSPS) is 11.9. The molecule has 0 radical (unpaired) electrons. The monoisotopic (exact) mass is 384 g/mol. The Morgan fingerprint density at radius 2 is 1.69 bits per heavy atom. The zero-order valence-electron chi connectivity index (χ0n) is 14.1. The molecular formula is C21H17ClO3S. The lowest BCUT2D eigenvalue weighted by molar-refractivity contribution is -0.143. The van der Waals surface area contributed by atoms with E-state index in [-0.39, 0.29) is 11.5 Å². The van der Waals surface area contributed by atoms with Gasteiger partial charge in [-0.15, -0.1) is 11.8 Å². The van der Waals surface area contributed by atoms with Crippen LogP contribution in [0.2, 0.25) is 5.02 Å². The molecule has 0 heterocycles. The van der Waals surface area contributed by atoms with Gasteiger partial charge in [0.1, 0.15) is 0 Å². The lowest BCUT2D eigenvalue weighted by Crippen LogP contribution is -2.25. The predicted octanol–water partition coefficient (Wildman–Crippen LogP) is 5.40. The van der Waals surface area contributed by atoms with Crippen LogP contribution in [0.3, 0.4) is 0 Å². The maximum absolute atomic E-state index is 12.3. The van der Waals surface area contributed by atoms with E-state index in [9.17, 15) is 9.59 Å². The first kappa shape index (κ1) is 18.5. The van der Waals surface area contributed by atoms with E-state index in [4.69, 9.17) is 16.3 Å². The summed E-state index contributed by atoms with van der Waals surface area (Å²) in [6, 6.07) is 20.6. The highest BCUT2D eigenvalue weighted by molar-refractivity contribution is 8.00. The number of ketones is 1. The molecule has 0 aliphatic rings. The molecule has 0 N–H and O–H groups in total. The van der Waals surface area contributed by atoms with Crippen molar-refractivity contribution in [3.05, 3.63) is 77.3 Å². The van der Waals surface area contributed by atoms with Crippen LogP contribution in [0.15, 0.2) is 71.6 Å². The number of benzene rings is 3. The van der Waals surface area contributed by atoms with E-state index in [2.05, 4.69) is 0 Å². The molecule has 0 saturated heterocycles. The molecule has 0 unspecified atom stereocenters. The molecule has 0 spiro atoms. The molecule has 3 aromatic carbocycles. The van der Waals surface area contributed by atoms with E-state index < -0.39 is 12.1 Å². The quantitative estimate of drug-likeness (QED) is 0.324. The third-order valence-corrected chi connectivity index (χ3v) is 5.10. The minimum atomic E-state index is -0.833. The molecule has 1 atom stereocenters. The summed E-state index contributed by atoms with van der Waals surface area (Å²) in [7, 11) is 0. The van der Waals surface area contributed by atoms with Crippen molar-refractivity contribution >= 4 is 45.9 Å². The fourth-order valence-corrected chi connectivity index (χ4v) is 3.39.